The van der Waals surface area contributed by atoms with Crippen molar-refractivity contribution in [3.63, 3.8) is 0 Å². The van der Waals surface area contributed by atoms with Crippen LogP contribution in [-0.2, 0) is 11.3 Å². The molecule has 0 radical (unpaired) electrons. The van der Waals surface area contributed by atoms with E-state index in [0.717, 1.165) is 16.6 Å². The van der Waals surface area contributed by atoms with Gasteiger partial charge in [-0.15, -0.1) is 0 Å². The first-order valence-electron chi connectivity index (χ1n) is 12.7. The van der Waals surface area contributed by atoms with Gasteiger partial charge in [-0.2, -0.15) is 0 Å². The van der Waals surface area contributed by atoms with Gasteiger partial charge in [0.2, 0.25) is 5.91 Å². The molecule has 6 nitrogen and oxygen atoms in total. The van der Waals surface area contributed by atoms with E-state index < -0.39 is 0 Å². The van der Waals surface area contributed by atoms with Crippen molar-refractivity contribution in [3.05, 3.63) is 106 Å². The molecular weight excluding hydrogens is 448 g/mol. The number of carbonyl (C=O) groups excluding carboxylic acids is 1. The molecule has 0 saturated carbocycles. The average Bonchev–Trinajstić information content (AvgIpc) is 2.94. The summed E-state index contributed by atoms with van der Waals surface area (Å²) >= 11 is 0. The summed E-state index contributed by atoms with van der Waals surface area (Å²) in [6.07, 6.45) is 1.41. The van der Waals surface area contributed by atoms with E-state index in [1.165, 1.54) is 5.56 Å². The quantitative estimate of drug-likeness (QED) is 0.420. The number of hydrogen-bond acceptors (Lipinski definition) is 4. The van der Waals surface area contributed by atoms with Gasteiger partial charge >= 0.3 is 0 Å². The van der Waals surface area contributed by atoms with E-state index in [2.05, 4.69) is 24.4 Å². The predicted molar refractivity (Wildman–Crippen MR) is 144 cm³/mol. The van der Waals surface area contributed by atoms with Crippen molar-refractivity contribution < 1.29 is 4.79 Å². The van der Waals surface area contributed by atoms with Crippen LogP contribution in [0.3, 0.4) is 0 Å². The van der Waals surface area contributed by atoms with Crippen LogP contribution < -0.4 is 15.8 Å². The molecule has 2 heterocycles. The zero-order valence-electron chi connectivity index (χ0n) is 20.6. The molecular formula is C30H32N4O2. The second kappa shape index (κ2) is 10.8. The highest BCUT2D eigenvalue weighted by atomic mass is 16.2. The highest BCUT2D eigenvalue weighted by Gasteiger charge is 2.28. The van der Waals surface area contributed by atoms with Crippen LogP contribution in [0.2, 0.25) is 0 Å². The van der Waals surface area contributed by atoms with E-state index in [4.69, 9.17) is 4.98 Å². The van der Waals surface area contributed by atoms with Gasteiger partial charge in [-0.05, 0) is 42.0 Å². The SMILES string of the molecule is C[C@H](CNC(=O)C1CCN(c2nc3ccccc3n(Cc3ccccc3)c2=O)CC1)c1ccccc1. The van der Waals surface area contributed by atoms with Gasteiger partial charge in [0, 0.05) is 25.6 Å². The molecule has 4 aromatic rings. The topological polar surface area (TPSA) is 67.2 Å². The normalized spacial score (nSPS) is 15.1. The van der Waals surface area contributed by atoms with Crippen LogP contribution >= 0.6 is 0 Å². The molecule has 0 spiro atoms. The number of rotatable bonds is 7. The fourth-order valence-corrected chi connectivity index (χ4v) is 4.96. The third-order valence-corrected chi connectivity index (χ3v) is 7.14. The lowest BCUT2D eigenvalue weighted by atomic mass is 9.95. The minimum absolute atomic E-state index is 0.0452. The summed E-state index contributed by atoms with van der Waals surface area (Å²) in [5.74, 6) is 0.794. The Morgan fingerprint density at radius 1 is 0.944 bits per heavy atom. The number of anilines is 1. The number of nitrogens with one attached hydrogen (secondary N) is 1. The van der Waals surface area contributed by atoms with Crippen LogP contribution in [0.5, 0.6) is 0 Å². The molecule has 1 N–H and O–H groups in total. The minimum atomic E-state index is -0.0860. The summed E-state index contributed by atoms with van der Waals surface area (Å²) in [4.78, 5) is 33.3. The Hall–Kier alpha value is -3.93. The summed E-state index contributed by atoms with van der Waals surface area (Å²) < 4.78 is 1.82. The Labute approximate surface area is 211 Å². The first-order valence-corrected chi connectivity index (χ1v) is 12.7. The molecule has 1 amide bonds. The van der Waals surface area contributed by atoms with Crippen LogP contribution in [-0.4, -0.2) is 35.1 Å². The van der Waals surface area contributed by atoms with E-state index in [0.29, 0.717) is 44.8 Å². The molecule has 1 atom stereocenters. The summed E-state index contributed by atoms with van der Waals surface area (Å²) in [6, 6.07) is 28.0. The maximum Gasteiger partial charge on any atom is 0.294 e. The predicted octanol–water partition coefficient (Wildman–Crippen LogP) is 4.58. The Kier molecular flexibility index (Phi) is 7.12. The van der Waals surface area contributed by atoms with Gasteiger partial charge < -0.3 is 10.2 Å². The number of para-hydroxylation sites is 2. The summed E-state index contributed by atoms with van der Waals surface area (Å²) in [7, 11) is 0. The maximum atomic E-state index is 13.6. The van der Waals surface area contributed by atoms with Crippen LogP contribution in [0.25, 0.3) is 11.0 Å². The van der Waals surface area contributed by atoms with Gasteiger partial charge in [0.05, 0.1) is 17.6 Å². The number of carbonyl (C=O) groups is 1. The molecule has 1 aliphatic rings. The zero-order chi connectivity index (χ0) is 24.9. The first-order chi connectivity index (χ1) is 17.6. The van der Waals surface area contributed by atoms with E-state index in [1.807, 2.05) is 82.3 Å². The molecule has 0 aliphatic carbocycles. The number of benzene rings is 3. The molecule has 1 fully saturated rings. The molecule has 0 unspecified atom stereocenters. The molecule has 5 rings (SSSR count). The van der Waals surface area contributed by atoms with Gasteiger partial charge in [-0.1, -0.05) is 79.7 Å². The monoisotopic (exact) mass is 480 g/mol. The van der Waals surface area contributed by atoms with Gasteiger partial charge in [-0.3, -0.25) is 14.2 Å². The standard InChI is InChI=1S/C30H32N4O2/c1-22(24-12-6-3-7-13-24)20-31-29(35)25-16-18-33(19-17-25)28-30(36)34(21-23-10-4-2-5-11-23)27-15-9-8-14-26(27)32-28/h2-15,22,25H,16-21H2,1H3,(H,31,35)/t22-/m1/s1. The van der Waals surface area contributed by atoms with Crippen molar-refractivity contribution in [1.82, 2.24) is 14.9 Å². The summed E-state index contributed by atoms with van der Waals surface area (Å²) in [6.45, 7) is 4.52. The zero-order valence-corrected chi connectivity index (χ0v) is 20.6. The highest BCUT2D eigenvalue weighted by molar-refractivity contribution is 5.79. The number of nitrogens with zero attached hydrogens (tertiary/aromatic N) is 3. The lowest BCUT2D eigenvalue weighted by Crippen LogP contribution is -2.43. The molecule has 0 bridgehead atoms. The second-order valence-electron chi connectivity index (χ2n) is 9.62. The van der Waals surface area contributed by atoms with Crippen molar-refractivity contribution in [3.8, 4) is 0 Å². The maximum absolute atomic E-state index is 13.6. The highest BCUT2D eigenvalue weighted by Crippen LogP contribution is 2.23. The van der Waals surface area contributed by atoms with Gasteiger partial charge in [-0.25, -0.2) is 4.98 Å². The minimum Gasteiger partial charge on any atom is -0.355 e. The van der Waals surface area contributed by atoms with Crippen molar-refractivity contribution >= 4 is 22.8 Å². The van der Waals surface area contributed by atoms with E-state index in [9.17, 15) is 9.59 Å². The molecule has 1 aromatic heterocycles. The third kappa shape index (κ3) is 5.18. The van der Waals surface area contributed by atoms with Crippen LogP contribution in [0, 0.1) is 5.92 Å². The molecule has 36 heavy (non-hydrogen) atoms. The fourth-order valence-electron chi connectivity index (χ4n) is 4.96. The smallest absolute Gasteiger partial charge is 0.294 e. The van der Waals surface area contributed by atoms with Gasteiger partial charge in [0.1, 0.15) is 0 Å². The first kappa shape index (κ1) is 23.8. The molecule has 184 valence electrons. The third-order valence-electron chi connectivity index (χ3n) is 7.14. The number of fused-ring (bicyclic) bond motifs is 1. The van der Waals surface area contributed by atoms with Gasteiger partial charge in [0.25, 0.3) is 5.56 Å². The number of aromatic nitrogens is 2. The summed E-state index contributed by atoms with van der Waals surface area (Å²) in [5.41, 5.74) is 3.84. The largest absolute Gasteiger partial charge is 0.355 e. The average molecular weight is 481 g/mol. The van der Waals surface area contributed by atoms with Crippen molar-refractivity contribution in [2.45, 2.75) is 32.2 Å². The Morgan fingerprint density at radius 2 is 1.58 bits per heavy atom. The fraction of sp³-hybridized carbons (Fsp3) is 0.300. The van der Waals surface area contributed by atoms with Crippen LogP contribution in [0.15, 0.2) is 89.7 Å². The van der Waals surface area contributed by atoms with Crippen molar-refractivity contribution in [2.75, 3.05) is 24.5 Å². The molecule has 1 aliphatic heterocycles. The van der Waals surface area contributed by atoms with E-state index >= 15 is 0 Å². The van der Waals surface area contributed by atoms with Crippen LogP contribution in [0.1, 0.15) is 36.8 Å². The van der Waals surface area contributed by atoms with Gasteiger partial charge in [0.15, 0.2) is 5.82 Å². The second-order valence-corrected chi connectivity index (χ2v) is 9.62. The lowest BCUT2D eigenvalue weighted by Gasteiger charge is -2.32. The molecule has 1 saturated heterocycles. The number of hydrogen-bond donors (Lipinski definition) is 1. The number of piperidine rings is 1. The van der Waals surface area contributed by atoms with E-state index in [-0.39, 0.29) is 23.3 Å². The van der Waals surface area contributed by atoms with Crippen molar-refractivity contribution in [1.29, 1.82) is 0 Å². The lowest BCUT2D eigenvalue weighted by molar-refractivity contribution is -0.125. The van der Waals surface area contributed by atoms with E-state index in [1.54, 1.807) is 0 Å². The Bertz CT molecular complexity index is 1380. The van der Waals surface area contributed by atoms with Crippen molar-refractivity contribution in [2.24, 2.45) is 5.92 Å². The number of amides is 1. The molecule has 3 aromatic carbocycles. The molecule has 6 heteroatoms. The van der Waals surface area contributed by atoms with Crippen LogP contribution in [0.4, 0.5) is 5.82 Å². The summed E-state index contributed by atoms with van der Waals surface area (Å²) in [5, 5.41) is 3.14. The Balaban J connectivity index is 1.28. The Morgan fingerprint density at radius 3 is 2.31 bits per heavy atom.